The number of rotatable bonds is 14. The van der Waals surface area contributed by atoms with Crippen molar-refractivity contribution in [1.29, 1.82) is 0 Å². The molecule has 0 bridgehead atoms. The fourth-order valence-electron chi connectivity index (χ4n) is 10.7. The van der Waals surface area contributed by atoms with Gasteiger partial charge in [0.25, 0.3) is 0 Å². The molecule has 0 N–H and O–H groups in total. The third-order valence-electron chi connectivity index (χ3n) is 13.9. The van der Waals surface area contributed by atoms with E-state index < -0.39 is 22.4 Å². The van der Waals surface area contributed by atoms with Gasteiger partial charge in [-0.2, -0.15) is 0 Å². The van der Waals surface area contributed by atoms with Gasteiger partial charge >= 0.3 is 0 Å². The van der Waals surface area contributed by atoms with E-state index in [-0.39, 0.29) is 0 Å². The van der Waals surface area contributed by atoms with Crippen LogP contribution in [0, 0.1) is 0 Å². The predicted octanol–water partition coefficient (Wildman–Crippen LogP) is 12.8. The molecular formula is C58H52N2O3. The molecule has 4 unspecified atom stereocenters. The Balaban J connectivity index is 1.33. The Kier molecular flexibility index (Phi) is 10.9. The van der Waals surface area contributed by atoms with Gasteiger partial charge in [0.1, 0.15) is 22.4 Å². The summed E-state index contributed by atoms with van der Waals surface area (Å²) in [4.78, 5) is 9.35. The normalized spacial score (nSPS) is 20.3. The van der Waals surface area contributed by atoms with E-state index in [9.17, 15) is 0 Å². The molecule has 0 amide bonds. The van der Waals surface area contributed by atoms with Gasteiger partial charge in [0.05, 0.1) is 0 Å². The van der Waals surface area contributed by atoms with Crippen LogP contribution < -0.4 is 0 Å². The first-order valence-electron chi connectivity index (χ1n) is 22.0. The van der Waals surface area contributed by atoms with Crippen molar-refractivity contribution in [3.63, 3.8) is 0 Å². The zero-order chi connectivity index (χ0) is 42.7. The molecule has 2 aliphatic heterocycles. The van der Waals surface area contributed by atoms with Crippen molar-refractivity contribution in [3.05, 3.63) is 217 Å². The molecule has 10 rings (SSSR count). The summed E-state index contributed by atoms with van der Waals surface area (Å²) in [5, 5.41) is 9.51. The van der Waals surface area contributed by atoms with E-state index in [1.165, 1.54) is 54.2 Å². The molecule has 0 aromatic heterocycles. The number of hydrogen-bond donors (Lipinski definition) is 0. The molecule has 63 heavy (non-hydrogen) atoms. The Labute approximate surface area is 370 Å². The standard InChI is InChI=1S/C58H52N2O3/c1-61-55(29-33-59-34-30-55)57(39-43-17-5-3-6-18-43,41-53-49-25-13-9-21-45(49)37-46-22-10-14-26-50(46)53)63-58(40-44-19-7-4-8-20-44,56(62-2)31-35-60-36-32-56)42-54-51-27-15-11-23-47(51)38-48-24-12-16-28-52(48)54/h3-29,31,33-38H,30,32,39-42H2,1-2H3. The van der Waals surface area contributed by atoms with Gasteiger partial charge in [-0.05, 0) is 89.6 Å². The van der Waals surface area contributed by atoms with Crippen molar-refractivity contribution >= 4 is 55.5 Å². The summed E-state index contributed by atoms with van der Waals surface area (Å²) in [7, 11) is 3.67. The van der Waals surface area contributed by atoms with E-state index in [1.807, 2.05) is 39.0 Å². The summed E-state index contributed by atoms with van der Waals surface area (Å²) < 4.78 is 23.0. The van der Waals surface area contributed by atoms with E-state index >= 15 is 0 Å². The van der Waals surface area contributed by atoms with Gasteiger partial charge in [0.2, 0.25) is 0 Å². The summed E-state index contributed by atoms with van der Waals surface area (Å²) in [6.45, 7) is 0. The van der Waals surface area contributed by atoms with Gasteiger partial charge in [-0.15, -0.1) is 0 Å². The summed E-state index contributed by atoms with van der Waals surface area (Å²) in [6, 6.07) is 61.2. The molecule has 8 aromatic carbocycles. The van der Waals surface area contributed by atoms with Crippen LogP contribution in [0.15, 0.2) is 204 Å². The Hall–Kier alpha value is -6.50. The van der Waals surface area contributed by atoms with Crippen LogP contribution >= 0.6 is 0 Å². The minimum atomic E-state index is -1.08. The smallest absolute Gasteiger partial charge is 0.122 e. The molecule has 2 aliphatic rings. The van der Waals surface area contributed by atoms with Crippen molar-refractivity contribution in [2.24, 2.45) is 9.98 Å². The largest absolute Gasteiger partial charge is 0.371 e. The van der Waals surface area contributed by atoms with Gasteiger partial charge in [0, 0.05) is 77.6 Å². The number of hydrogen-bond acceptors (Lipinski definition) is 5. The van der Waals surface area contributed by atoms with Crippen LogP contribution in [0.25, 0.3) is 43.1 Å². The molecule has 0 saturated heterocycles. The van der Waals surface area contributed by atoms with E-state index in [4.69, 9.17) is 14.2 Å². The highest BCUT2D eigenvalue weighted by atomic mass is 16.6. The average Bonchev–Trinajstić information content (AvgIpc) is 3.34. The molecule has 8 aromatic rings. The fourth-order valence-corrected chi connectivity index (χ4v) is 10.7. The Morgan fingerprint density at radius 2 is 0.762 bits per heavy atom. The summed E-state index contributed by atoms with van der Waals surface area (Å²) in [5.74, 6) is 0. The maximum Gasteiger partial charge on any atom is 0.122 e. The average molecular weight is 825 g/mol. The predicted molar refractivity (Wildman–Crippen MR) is 261 cm³/mol. The van der Waals surface area contributed by atoms with Crippen molar-refractivity contribution in [2.75, 3.05) is 14.2 Å². The zero-order valence-corrected chi connectivity index (χ0v) is 36.0. The summed E-state index contributed by atoms with van der Waals surface area (Å²) in [5.41, 5.74) is 0.590. The fraction of sp³-hybridized carbons (Fsp3) is 0.207. The van der Waals surface area contributed by atoms with Gasteiger partial charge in [-0.25, -0.2) is 0 Å². The molecule has 0 fully saturated rings. The first kappa shape index (κ1) is 40.6. The van der Waals surface area contributed by atoms with Crippen LogP contribution in [-0.2, 0) is 39.9 Å². The molecule has 0 saturated carbocycles. The Bertz CT molecular complexity index is 2730. The van der Waals surface area contributed by atoms with Crippen LogP contribution in [0.5, 0.6) is 0 Å². The number of benzene rings is 8. The van der Waals surface area contributed by atoms with E-state index in [0.29, 0.717) is 38.5 Å². The number of nitrogens with zero attached hydrogens (tertiary/aromatic N) is 2. The highest BCUT2D eigenvalue weighted by Crippen LogP contribution is 2.52. The number of methoxy groups -OCH3 is 2. The Morgan fingerprint density at radius 1 is 0.429 bits per heavy atom. The monoisotopic (exact) mass is 824 g/mol. The van der Waals surface area contributed by atoms with Crippen molar-refractivity contribution in [3.8, 4) is 0 Å². The lowest BCUT2D eigenvalue weighted by Crippen LogP contribution is -2.69. The number of ether oxygens (including phenoxy) is 3. The Morgan fingerprint density at radius 3 is 1.08 bits per heavy atom. The van der Waals surface area contributed by atoms with Crippen molar-refractivity contribution in [2.45, 2.75) is 60.9 Å². The first-order valence-corrected chi connectivity index (χ1v) is 22.0. The topological polar surface area (TPSA) is 52.4 Å². The minimum absolute atomic E-state index is 0.505. The highest BCUT2D eigenvalue weighted by Gasteiger charge is 2.61. The first-order chi connectivity index (χ1) is 31.0. The molecular weight excluding hydrogens is 773 g/mol. The summed E-state index contributed by atoms with van der Waals surface area (Å²) >= 11 is 0. The third-order valence-corrected chi connectivity index (χ3v) is 13.9. The molecule has 312 valence electrons. The molecule has 0 spiro atoms. The van der Waals surface area contributed by atoms with Gasteiger partial charge < -0.3 is 14.2 Å². The van der Waals surface area contributed by atoms with Crippen LogP contribution in [0.3, 0.4) is 0 Å². The highest BCUT2D eigenvalue weighted by molar-refractivity contribution is 6.03. The number of aliphatic imine (C=N–C) groups is 2. The molecule has 0 radical (unpaired) electrons. The lowest BCUT2D eigenvalue weighted by Gasteiger charge is -2.57. The third kappa shape index (κ3) is 7.30. The van der Waals surface area contributed by atoms with Crippen LogP contribution in [0.4, 0.5) is 0 Å². The maximum atomic E-state index is 8.83. The maximum absolute atomic E-state index is 8.83. The summed E-state index contributed by atoms with van der Waals surface area (Å²) in [6.07, 6.45) is 15.2. The molecule has 4 atom stereocenters. The molecule has 2 heterocycles. The second-order valence-corrected chi connectivity index (χ2v) is 17.3. The van der Waals surface area contributed by atoms with E-state index in [1.54, 1.807) is 0 Å². The zero-order valence-electron chi connectivity index (χ0n) is 36.0. The lowest BCUT2D eigenvalue weighted by atomic mass is 9.67. The van der Waals surface area contributed by atoms with Gasteiger partial charge in [-0.3, -0.25) is 9.98 Å². The molecule has 0 aliphatic carbocycles. The molecule has 5 heteroatoms. The SMILES string of the molecule is COC1(C(Cc2ccccc2)(Cc2c3ccccc3cc3ccccc23)OC(Cc2ccccc2)(Cc2c3ccccc3cc3ccccc23)C2(OC)C=CN=CC2)C=CN=CC1. The lowest BCUT2D eigenvalue weighted by molar-refractivity contribution is -0.275. The second kappa shape index (κ2) is 17.0. The van der Waals surface area contributed by atoms with Crippen LogP contribution in [0.2, 0.25) is 0 Å². The second-order valence-electron chi connectivity index (χ2n) is 17.3. The van der Waals surface area contributed by atoms with Crippen LogP contribution in [0.1, 0.15) is 35.1 Å². The van der Waals surface area contributed by atoms with Crippen molar-refractivity contribution < 1.29 is 14.2 Å². The molecule has 5 nitrogen and oxygen atoms in total. The van der Waals surface area contributed by atoms with Crippen LogP contribution in [-0.4, -0.2) is 49.1 Å². The quantitative estimate of drug-likeness (QED) is 0.103. The minimum Gasteiger partial charge on any atom is -0.371 e. The van der Waals surface area contributed by atoms with Gasteiger partial charge in [0.15, 0.2) is 0 Å². The van der Waals surface area contributed by atoms with Gasteiger partial charge in [-0.1, -0.05) is 158 Å². The van der Waals surface area contributed by atoms with E-state index in [2.05, 4.69) is 192 Å². The van der Waals surface area contributed by atoms with Crippen molar-refractivity contribution in [1.82, 2.24) is 0 Å². The van der Waals surface area contributed by atoms with E-state index in [0.717, 1.165) is 11.1 Å². The number of fused-ring (bicyclic) bond motifs is 4.